The van der Waals surface area contributed by atoms with Crippen molar-refractivity contribution in [3.63, 3.8) is 0 Å². The highest BCUT2D eigenvalue weighted by molar-refractivity contribution is 6.10. The minimum atomic E-state index is -1.31. The zero-order chi connectivity index (χ0) is 20.5. The van der Waals surface area contributed by atoms with E-state index in [1.165, 1.54) is 12.0 Å². The first-order valence-corrected chi connectivity index (χ1v) is 9.15. The second kappa shape index (κ2) is 10.5. The van der Waals surface area contributed by atoms with Crippen molar-refractivity contribution in [2.75, 3.05) is 26.9 Å². The zero-order valence-electron chi connectivity index (χ0n) is 16.1. The van der Waals surface area contributed by atoms with Gasteiger partial charge in [-0.05, 0) is 23.3 Å². The number of carbonyl (C=O) groups is 3. The van der Waals surface area contributed by atoms with Crippen LogP contribution in [0.15, 0.2) is 54.6 Å². The van der Waals surface area contributed by atoms with Crippen LogP contribution in [-0.4, -0.2) is 60.4 Å². The van der Waals surface area contributed by atoms with Crippen LogP contribution in [0.4, 0.5) is 0 Å². The molecule has 6 nitrogen and oxygen atoms in total. The molecule has 0 saturated carbocycles. The molecule has 0 aromatic heterocycles. The molecule has 0 saturated heterocycles. The normalized spacial score (nSPS) is 11.7. The highest BCUT2D eigenvalue weighted by atomic mass is 16.5. The van der Waals surface area contributed by atoms with E-state index in [1.54, 1.807) is 19.1 Å². The van der Waals surface area contributed by atoms with E-state index in [2.05, 4.69) is 0 Å². The molecule has 28 heavy (non-hydrogen) atoms. The van der Waals surface area contributed by atoms with Crippen LogP contribution in [-0.2, 0) is 14.3 Å². The Kier molecular flexibility index (Phi) is 8.04. The molecule has 0 aliphatic rings. The molecule has 2 aromatic rings. The Morgan fingerprint density at radius 1 is 0.964 bits per heavy atom. The molecule has 0 bridgehead atoms. The Hall–Kier alpha value is -2.83. The van der Waals surface area contributed by atoms with Crippen LogP contribution in [0.2, 0.25) is 0 Å². The first kappa shape index (κ1) is 21.5. The fourth-order valence-corrected chi connectivity index (χ4v) is 2.95. The van der Waals surface area contributed by atoms with Crippen LogP contribution in [0.25, 0.3) is 11.1 Å². The van der Waals surface area contributed by atoms with Crippen molar-refractivity contribution in [1.29, 1.82) is 0 Å². The number of ether oxygens (including phenoxy) is 1. The van der Waals surface area contributed by atoms with Crippen molar-refractivity contribution in [2.45, 2.75) is 19.4 Å². The molecule has 1 unspecified atom stereocenters. The van der Waals surface area contributed by atoms with Crippen LogP contribution in [0.1, 0.15) is 23.7 Å². The number of nitrogens with zero attached hydrogens (tertiary/aromatic N) is 1. The van der Waals surface area contributed by atoms with Gasteiger partial charge in [-0.1, -0.05) is 49.4 Å². The molecule has 2 aromatic carbocycles. The summed E-state index contributed by atoms with van der Waals surface area (Å²) in [6, 6.07) is 15.4. The van der Waals surface area contributed by atoms with E-state index in [1.807, 2.05) is 42.5 Å². The Bertz CT molecular complexity index is 785. The molecular weight excluding hydrogens is 358 g/mol. The van der Waals surface area contributed by atoms with E-state index in [0.717, 1.165) is 11.1 Å². The van der Waals surface area contributed by atoms with E-state index < -0.39 is 30.1 Å². The minimum absolute atomic E-state index is 0.0674. The van der Waals surface area contributed by atoms with Crippen LogP contribution in [0, 0.1) is 0 Å². The molecule has 0 aliphatic heterocycles. The van der Waals surface area contributed by atoms with Gasteiger partial charge >= 0.3 is 0 Å². The summed E-state index contributed by atoms with van der Waals surface area (Å²) in [5.41, 5.74) is 2.33. The maximum atomic E-state index is 13.1. The van der Waals surface area contributed by atoms with Gasteiger partial charge in [0, 0.05) is 25.6 Å². The van der Waals surface area contributed by atoms with Crippen LogP contribution in [0.3, 0.4) is 0 Å². The molecule has 1 N–H and O–H groups in total. The molecule has 0 fully saturated rings. The number of aliphatic hydroxyl groups excluding tert-OH is 1. The summed E-state index contributed by atoms with van der Waals surface area (Å²) in [4.78, 5) is 38.8. The number of benzene rings is 2. The summed E-state index contributed by atoms with van der Waals surface area (Å²) in [5.74, 6) is -1.56. The quantitative estimate of drug-likeness (QED) is 0.637. The van der Waals surface area contributed by atoms with Crippen molar-refractivity contribution in [3.05, 3.63) is 60.2 Å². The van der Waals surface area contributed by atoms with Gasteiger partial charge in [-0.3, -0.25) is 14.4 Å². The first-order valence-electron chi connectivity index (χ1n) is 9.15. The average molecular weight is 383 g/mol. The number of methoxy groups -OCH3 is 1. The van der Waals surface area contributed by atoms with Gasteiger partial charge in [0.2, 0.25) is 0 Å². The van der Waals surface area contributed by atoms with E-state index in [-0.39, 0.29) is 19.6 Å². The molecule has 0 spiro atoms. The van der Waals surface area contributed by atoms with Gasteiger partial charge in [-0.15, -0.1) is 0 Å². The van der Waals surface area contributed by atoms with Crippen molar-refractivity contribution in [3.8, 4) is 11.1 Å². The largest absolute Gasteiger partial charge is 0.388 e. The first-order chi connectivity index (χ1) is 13.5. The van der Waals surface area contributed by atoms with Crippen molar-refractivity contribution >= 4 is 17.5 Å². The smallest absolute Gasteiger partial charge is 0.254 e. The number of amides is 1. The molecule has 148 valence electrons. The molecule has 1 atom stereocenters. The van der Waals surface area contributed by atoms with Gasteiger partial charge in [0.1, 0.15) is 6.61 Å². The summed E-state index contributed by atoms with van der Waals surface area (Å²) in [7, 11) is 1.47. The van der Waals surface area contributed by atoms with Gasteiger partial charge in [0.15, 0.2) is 17.6 Å². The third-order valence-electron chi connectivity index (χ3n) is 4.46. The fraction of sp³-hybridized carbons (Fsp3) is 0.318. The number of hydrogen-bond donors (Lipinski definition) is 1. The second-order valence-corrected chi connectivity index (χ2v) is 6.28. The Labute approximate surface area is 164 Å². The number of ketones is 2. The van der Waals surface area contributed by atoms with E-state index in [0.29, 0.717) is 5.56 Å². The SMILES string of the molecule is CCC(=O)C(C(=O)CO)N(CCOC)C(=O)c1ccc(-c2ccccc2)cc1. The average Bonchev–Trinajstić information content (AvgIpc) is 2.76. The third-order valence-corrected chi connectivity index (χ3v) is 4.46. The summed E-state index contributed by atoms with van der Waals surface area (Å²) >= 11 is 0. The number of carbonyl (C=O) groups excluding carboxylic acids is 3. The monoisotopic (exact) mass is 383 g/mol. The zero-order valence-corrected chi connectivity index (χ0v) is 16.1. The summed E-state index contributed by atoms with van der Waals surface area (Å²) in [6.45, 7) is 1.05. The standard InChI is InChI=1S/C22H25NO5/c1-3-19(25)21(20(26)15-24)23(13-14-28-2)22(27)18-11-9-17(10-12-18)16-7-5-4-6-8-16/h4-12,21,24H,3,13-15H2,1-2H3. The van der Waals surface area contributed by atoms with Crippen LogP contribution in [0.5, 0.6) is 0 Å². The summed E-state index contributed by atoms with van der Waals surface area (Å²) in [6.07, 6.45) is 0.0834. The molecule has 1 amide bonds. The van der Waals surface area contributed by atoms with E-state index >= 15 is 0 Å². The molecule has 2 rings (SSSR count). The second-order valence-electron chi connectivity index (χ2n) is 6.28. The topological polar surface area (TPSA) is 83.9 Å². The van der Waals surface area contributed by atoms with Gasteiger partial charge in [-0.2, -0.15) is 0 Å². The van der Waals surface area contributed by atoms with Gasteiger partial charge < -0.3 is 14.7 Å². The molecule has 0 aliphatic carbocycles. The van der Waals surface area contributed by atoms with Crippen molar-refractivity contribution < 1.29 is 24.2 Å². The highest BCUT2D eigenvalue weighted by Crippen LogP contribution is 2.20. The molecular formula is C22H25NO5. The molecule has 6 heteroatoms. The number of aliphatic hydroxyl groups is 1. The summed E-state index contributed by atoms with van der Waals surface area (Å²) < 4.78 is 5.03. The molecule has 0 heterocycles. The lowest BCUT2D eigenvalue weighted by Gasteiger charge is -2.29. The highest BCUT2D eigenvalue weighted by Gasteiger charge is 2.34. The Morgan fingerprint density at radius 3 is 2.11 bits per heavy atom. The number of rotatable bonds is 10. The number of Topliss-reactive ketones (excluding diaryl/α,β-unsaturated/α-hetero) is 2. The van der Waals surface area contributed by atoms with Crippen LogP contribution >= 0.6 is 0 Å². The predicted molar refractivity (Wildman–Crippen MR) is 106 cm³/mol. The Morgan fingerprint density at radius 2 is 1.57 bits per heavy atom. The lowest BCUT2D eigenvalue weighted by atomic mass is 10.0. The van der Waals surface area contributed by atoms with Gasteiger partial charge in [0.25, 0.3) is 5.91 Å². The van der Waals surface area contributed by atoms with Crippen LogP contribution < -0.4 is 0 Å². The van der Waals surface area contributed by atoms with Crippen molar-refractivity contribution in [2.24, 2.45) is 0 Å². The number of hydrogen-bond acceptors (Lipinski definition) is 5. The third kappa shape index (κ3) is 5.12. The van der Waals surface area contributed by atoms with Crippen molar-refractivity contribution in [1.82, 2.24) is 4.90 Å². The van der Waals surface area contributed by atoms with Gasteiger partial charge in [-0.25, -0.2) is 0 Å². The maximum absolute atomic E-state index is 13.1. The fourth-order valence-electron chi connectivity index (χ4n) is 2.95. The lowest BCUT2D eigenvalue weighted by Crippen LogP contribution is -2.51. The lowest BCUT2D eigenvalue weighted by molar-refractivity contribution is -0.135. The predicted octanol–water partition coefficient (Wildman–Crippen LogP) is 2.35. The van der Waals surface area contributed by atoms with E-state index in [4.69, 9.17) is 4.74 Å². The maximum Gasteiger partial charge on any atom is 0.254 e. The van der Waals surface area contributed by atoms with E-state index in [9.17, 15) is 19.5 Å². The minimum Gasteiger partial charge on any atom is -0.388 e. The Balaban J connectivity index is 2.33. The van der Waals surface area contributed by atoms with Gasteiger partial charge in [0.05, 0.1) is 6.61 Å². The summed E-state index contributed by atoms with van der Waals surface area (Å²) in [5, 5.41) is 9.27. The molecule has 0 radical (unpaired) electrons.